The van der Waals surface area contributed by atoms with E-state index in [9.17, 15) is 8.42 Å². The second-order valence-corrected chi connectivity index (χ2v) is 10.9. The number of nitriles is 1. The van der Waals surface area contributed by atoms with Crippen LogP contribution < -0.4 is 4.74 Å². The maximum atomic E-state index is 13.1. The molecular formula is C27H28ClN3O4S. The minimum atomic E-state index is -3.66. The van der Waals surface area contributed by atoms with E-state index in [1.807, 2.05) is 54.6 Å². The van der Waals surface area contributed by atoms with Gasteiger partial charge in [0.25, 0.3) is 0 Å². The van der Waals surface area contributed by atoms with Crippen molar-refractivity contribution in [1.82, 2.24) is 9.21 Å². The molecule has 0 bridgehead atoms. The smallest absolute Gasteiger partial charge is 0.243 e. The van der Waals surface area contributed by atoms with Crippen molar-refractivity contribution in [2.45, 2.75) is 17.6 Å². The third-order valence-corrected chi connectivity index (χ3v) is 8.33. The molecule has 0 N–H and O–H groups in total. The molecule has 0 aliphatic carbocycles. The van der Waals surface area contributed by atoms with Crippen LogP contribution in [0, 0.1) is 11.3 Å². The lowest BCUT2D eigenvalue weighted by atomic mass is 10.1. The van der Waals surface area contributed by atoms with Crippen molar-refractivity contribution in [3.05, 3.63) is 94.5 Å². The first-order chi connectivity index (χ1) is 17.4. The number of ether oxygens (including phenoxy) is 2. The molecule has 0 radical (unpaired) electrons. The lowest BCUT2D eigenvalue weighted by Gasteiger charge is -2.36. The fraction of sp³-hybridized carbons (Fsp3) is 0.296. The molecule has 7 nitrogen and oxygen atoms in total. The maximum Gasteiger partial charge on any atom is 0.243 e. The molecule has 4 rings (SSSR count). The van der Waals surface area contributed by atoms with Gasteiger partial charge in [-0.2, -0.15) is 9.57 Å². The van der Waals surface area contributed by atoms with E-state index in [1.54, 1.807) is 19.2 Å². The molecule has 0 unspecified atom stereocenters. The number of methoxy groups -OCH3 is 1. The van der Waals surface area contributed by atoms with Gasteiger partial charge in [0.2, 0.25) is 10.0 Å². The van der Waals surface area contributed by atoms with Gasteiger partial charge in [-0.05, 0) is 53.6 Å². The molecule has 1 heterocycles. The Balaban J connectivity index is 1.42. The normalized spacial score (nSPS) is 15.8. The van der Waals surface area contributed by atoms with Gasteiger partial charge >= 0.3 is 0 Å². The van der Waals surface area contributed by atoms with E-state index in [-0.39, 0.29) is 11.0 Å². The van der Waals surface area contributed by atoms with Crippen LogP contribution in [0.3, 0.4) is 0 Å². The van der Waals surface area contributed by atoms with Crippen LogP contribution in [0.15, 0.2) is 77.7 Å². The average molecular weight is 526 g/mol. The minimum absolute atomic E-state index is 0.149. The number of piperazine rings is 1. The molecule has 0 saturated carbocycles. The number of hydrogen-bond donors (Lipinski definition) is 0. The van der Waals surface area contributed by atoms with Crippen molar-refractivity contribution in [2.24, 2.45) is 0 Å². The van der Waals surface area contributed by atoms with Gasteiger partial charge in [0.05, 0.1) is 36.3 Å². The molecule has 1 saturated heterocycles. The number of sulfonamides is 1. The summed E-state index contributed by atoms with van der Waals surface area (Å²) in [5.74, 6) is 0.775. The Morgan fingerprint density at radius 1 is 1.00 bits per heavy atom. The van der Waals surface area contributed by atoms with Gasteiger partial charge in [-0.25, -0.2) is 8.42 Å². The topological polar surface area (TPSA) is 82.9 Å². The van der Waals surface area contributed by atoms with Crippen LogP contribution in [-0.2, 0) is 21.4 Å². The first-order valence-electron chi connectivity index (χ1n) is 11.6. The van der Waals surface area contributed by atoms with Crippen molar-refractivity contribution in [2.75, 3.05) is 39.8 Å². The predicted molar refractivity (Wildman–Crippen MR) is 138 cm³/mol. The van der Waals surface area contributed by atoms with Gasteiger partial charge in [-0.1, -0.05) is 41.9 Å². The van der Waals surface area contributed by atoms with E-state index in [0.29, 0.717) is 49.9 Å². The van der Waals surface area contributed by atoms with Gasteiger partial charge in [0.15, 0.2) is 0 Å². The van der Waals surface area contributed by atoms with Crippen LogP contribution in [0.4, 0.5) is 0 Å². The van der Waals surface area contributed by atoms with Crippen molar-refractivity contribution < 1.29 is 17.9 Å². The van der Waals surface area contributed by atoms with Crippen LogP contribution in [0.25, 0.3) is 0 Å². The van der Waals surface area contributed by atoms with Crippen molar-refractivity contribution in [3.63, 3.8) is 0 Å². The van der Waals surface area contributed by atoms with E-state index in [2.05, 4.69) is 4.90 Å². The highest BCUT2D eigenvalue weighted by Crippen LogP contribution is 2.25. The first kappa shape index (κ1) is 26.1. The Morgan fingerprint density at radius 2 is 1.72 bits per heavy atom. The first-order valence-corrected chi connectivity index (χ1v) is 13.4. The molecule has 0 aromatic heterocycles. The molecule has 1 aliphatic heterocycles. The monoisotopic (exact) mass is 525 g/mol. The summed E-state index contributed by atoms with van der Waals surface area (Å²) >= 11 is 6.10. The fourth-order valence-electron chi connectivity index (χ4n) is 4.15. The molecule has 0 amide bonds. The molecule has 188 valence electrons. The van der Waals surface area contributed by atoms with Crippen molar-refractivity contribution >= 4 is 21.6 Å². The van der Waals surface area contributed by atoms with E-state index in [4.69, 9.17) is 26.3 Å². The largest absolute Gasteiger partial charge is 0.497 e. The highest BCUT2D eigenvalue weighted by atomic mass is 35.5. The maximum absolute atomic E-state index is 13.1. The Kier molecular flexibility index (Phi) is 8.62. The van der Waals surface area contributed by atoms with Crippen LogP contribution in [0.2, 0.25) is 5.02 Å². The summed E-state index contributed by atoms with van der Waals surface area (Å²) in [6, 6.07) is 23.5. The quantitative estimate of drug-likeness (QED) is 0.409. The van der Waals surface area contributed by atoms with E-state index >= 15 is 0 Å². The van der Waals surface area contributed by atoms with E-state index in [0.717, 1.165) is 16.9 Å². The average Bonchev–Trinajstić information content (AvgIpc) is 2.92. The minimum Gasteiger partial charge on any atom is -0.497 e. The third kappa shape index (κ3) is 6.44. The zero-order chi connectivity index (χ0) is 25.5. The molecule has 0 spiro atoms. The number of halogens is 1. The number of benzene rings is 3. The van der Waals surface area contributed by atoms with Crippen LogP contribution in [0.5, 0.6) is 5.75 Å². The summed E-state index contributed by atoms with van der Waals surface area (Å²) in [5.41, 5.74) is 2.34. The Bertz CT molecular complexity index is 1320. The van der Waals surface area contributed by atoms with E-state index < -0.39 is 10.0 Å². The molecule has 3 aromatic carbocycles. The summed E-state index contributed by atoms with van der Waals surface area (Å²) in [6.45, 7) is 2.90. The lowest BCUT2D eigenvalue weighted by Crippen LogP contribution is -2.49. The van der Waals surface area contributed by atoms with Gasteiger partial charge in [0.1, 0.15) is 5.75 Å². The zero-order valence-electron chi connectivity index (χ0n) is 20.0. The predicted octanol–water partition coefficient (Wildman–Crippen LogP) is 4.48. The summed E-state index contributed by atoms with van der Waals surface area (Å²) in [4.78, 5) is 2.36. The number of nitrogens with zero attached hydrogens (tertiary/aromatic N) is 3. The molecular weight excluding hydrogens is 498 g/mol. The summed E-state index contributed by atoms with van der Waals surface area (Å²) in [7, 11) is -2.02. The fourth-order valence-corrected chi connectivity index (χ4v) is 5.75. The molecule has 3 aromatic rings. The van der Waals surface area contributed by atoms with Crippen LogP contribution in [0.1, 0.15) is 22.8 Å². The van der Waals surface area contributed by atoms with Gasteiger partial charge in [-0.3, -0.25) is 4.90 Å². The SMILES string of the molecule is COc1cccc(CO[C@@H](CN2CCN(S(=O)(=O)c3cccc(C#N)c3)CC2)c2ccc(Cl)cc2)c1. The summed E-state index contributed by atoms with van der Waals surface area (Å²) in [5, 5.41) is 9.78. The lowest BCUT2D eigenvalue weighted by molar-refractivity contribution is 0.00767. The molecule has 36 heavy (non-hydrogen) atoms. The van der Waals surface area contributed by atoms with Crippen molar-refractivity contribution in [3.8, 4) is 11.8 Å². The Morgan fingerprint density at radius 3 is 2.42 bits per heavy atom. The second kappa shape index (κ2) is 11.9. The molecule has 1 atom stereocenters. The summed E-state index contributed by atoms with van der Waals surface area (Å²) in [6.07, 6.45) is -0.219. The highest BCUT2D eigenvalue weighted by molar-refractivity contribution is 7.89. The van der Waals surface area contributed by atoms with Crippen LogP contribution in [-0.4, -0.2) is 57.5 Å². The number of rotatable bonds is 9. The summed E-state index contributed by atoms with van der Waals surface area (Å²) < 4.78 is 39.3. The van der Waals surface area contributed by atoms with E-state index in [1.165, 1.54) is 16.4 Å². The third-order valence-electron chi connectivity index (χ3n) is 6.18. The Labute approximate surface area is 217 Å². The van der Waals surface area contributed by atoms with Gasteiger partial charge < -0.3 is 9.47 Å². The van der Waals surface area contributed by atoms with Crippen LogP contribution >= 0.6 is 11.6 Å². The van der Waals surface area contributed by atoms with Gasteiger partial charge in [0, 0.05) is 37.7 Å². The van der Waals surface area contributed by atoms with Gasteiger partial charge in [-0.15, -0.1) is 0 Å². The van der Waals surface area contributed by atoms with Crippen molar-refractivity contribution in [1.29, 1.82) is 5.26 Å². The number of hydrogen-bond acceptors (Lipinski definition) is 6. The molecule has 9 heteroatoms. The second-order valence-electron chi connectivity index (χ2n) is 8.55. The molecule has 1 aliphatic rings. The zero-order valence-corrected chi connectivity index (χ0v) is 21.6. The highest BCUT2D eigenvalue weighted by Gasteiger charge is 2.30. The molecule has 1 fully saturated rings. The Hall–Kier alpha value is -2.93. The standard InChI is InChI=1S/C27H28ClN3O4S/c1-34-25-6-2-5-22(16-25)20-35-27(23-8-10-24(28)11-9-23)19-30-12-14-31(15-13-30)36(32,33)26-7-3-4-21(17-26)18-29/h2-11,16-17,27H,12-15,19-20H2,1H3/t27-/m0/s1.